The van der Waals surface area contributed by atoms with Gasteiger partial charge in [0, 0.05) is 60.1 Å². The van der Waals surface area contributed by atoms with E-state index in [4.69, 9.17) is 18.8 Å². The van der Waals surface area contributed by atoms with Gasteiger partial charge in [-0.3, -0.25) is 0 Å². The van der Waals surface area contributed by atoms with Crippen molar-refractivity contribution in [3.05, 3.63) is 247 Å². The first-order valence-electron chi connectivity index (χ1n) is 23.3. The van der Waals surface area contributed by atoms with E-state index in [2.05, 4.69) is 204 Å². The number of aliphatic imine (C=N–C) groups is 2. The third-order valence-corrected chi connectivity index (χ3v) is 13.7. The summed E-state index contributed by atoms with van der Waals surface area (Å²) in [4.78, 5) is 10.8. The number of para-hydroxylation sites is 3. The molecular formula is C63H40N4O2. The summed E-state index contributed by atoms with van der Waals surface area (Å²) < 4.78 is 15.2. The van der Waals surface area contributed by atoms with Gasteiger partial charge < -0.3 is 18.7 Å². The van der Waals surface area contributed by atoms with E-state index in [1.165, 1.54) is 21.9 Å². The second kappa shape index (κ2) is 15.7. The van der Waals surface area contributed by atoms with Gasteiger partial charge in [-0.2, -0.15) is 0 Å². The Kier molecular flexibility index (Phi) is 8.86. The van der Waals surface area contributed by atoms with Crippen LogP contribution in [0.3, 0.4) is 0 Å². The Hall–Kier alpha value is -9.26. The van der Waals surface area contributed by atoms with Gasteiger partial charge in [-0.1, -0.05) is 164 Å². The van der Waals surface area contributed by atoms with Crippen molar-refractivity contribution in [2.24, 2.45) is 9.98 Å². The van der Waals surface area contributed by atoms with E-state index in [9.17, 15) is 0 Å². The third kappa shape index (κ3) is 6.49. The van der Waals surface area contributed by atoms with E-state index < -0.39 is 6.17 Å². The van der Waals surface area contributed by atoms with E-state index >= 15 is 0 Å². The summed E-state index contributed by atoms with van der Waals surface area (Å²) in [6.07, 6.45) is -0.488. The number of nitrogens with one attached hydrogen (secondary N) is 1. The summed E-state index contributed by atoms with van der Waals surface area (Å²) in [7, 11) is 0. The smallest absolute Gasteiger partial charge is 0.159 e. The predicted octanol–water partition coefficient (Wildman–Crippen LogP) is 16.1. The molecule has 0 spiro atoms. The summed E-state index contributed by atoms with van der Waals surface area (Å²) in [5, 5.41) is 10.4. The Morgan fingerprint density at radius 2 is 0.899 bits per heavy atom. The number of hydrogen-bond donors (Lipinski definition) is 1. The van der Waals surface area contributed by atoms with Crippen LogP contribution in [0.4, 0.5) is 0 Å². The van der Waals surface area contributed by atoms with Crippen LogP contribution in [0, 0.1) is 0 Å². The molecule has 1 unspecified atom stereocenters. The van der Waals surface area contributed by atoms with Crippen LogP contribution in [0.2, 0.25) is 0 Å². The highest BCUT2D eigenvalue weighted by molar-refractivity contribution is 6.17. The Bertz CT molecular complexity index is 4160. The zero-order valence-corrected chi connectivity index (χ0v) is 37.2. The molecule has 13 aromatic rings. The lowest BCUT2D eigenvalue weighted by atomic mass is 9.92. The van der Waals surface area contributed by atoms with Gasteiger partial charge in [0.2, 0.25) is 0 Å². The maximum absolute atomic E-state index is 6.44. The van der Waals surface area contributed by atoms with Crippen LogP contribution >= 0.6 is 0 Å². The molecule has 10 aromatic carbocycles. The molecule has 0 saturated heterocycles. The van der Waals surface area contributed by atoms with Gasteiger partial charge in [-0.15, -0.1) is 0 Å². The molecule has 1 N–H and O–H groups in total. The van der Waals surface area contributed by atoms with Gasteiger partial charge in [0.05, 0.1) is 16.7 Å². The summed E-state index contributed by atoms with van der Waals surface area (Å²) >= 11 is 0. The highest BCUT2D eigenvalue weighted by Gasteiger charge is 2.27. The monoisotopic (exact) mass is 884 g/mol. The molecule has 0 radical (unpaired) electrons. The third-order valence-electron chi connectivity index (χ3n) is 13.7. The lowest BCUT2D eigenvalue weighted by molar-refractivity contribution is 0.655. The van der Waals surface area contributed by atoms with Crippen LogP contribution in [0.25, 0.3) is 105 Å². The first-order valence-corrected chi connectivity index (χ1v) is 23.3. The molecule has 1 atom stereocenters. The second-order valence-corrected chi connectivity index (χ2v) is 17.7. The van der Waals surface area contributed by atoms with Crippen molar-refractivity contribution in [2.75, 3.05) is 0 Å². The summed E-state index contributed by atoms with van der Waals surface area (Å²) in [5.41, 5.74) is 16.2. The van der Waals surface area contributed by atoms with Crippen LogP contribution in [0.5, 0.6) is 0 Å². The van der Waals surface area contributed by atoms with Gasteiger partial charge in [-0.25, -0.2) is 9.98 Å². The molecule has 324 valence electrons. The lowest BCUT2D eigenvalue weighted by Gasteiger charge is -2.26. The maximum Gasteiger partial charge on any atom is 0.159 e. The van der Waals surface area contributed by atoms with Crippen molar-refractivity contribution in [1.29, 1.82) is 0 Å². The summed E-state index contributed by atoms with van der Waals surface area (Å²) in [6.45, 7) is 0. The normalized spacial score (nSPS) is 13.9. The molecule has 6 nitrogen and oxygen atoms in total. The van der Waals surface area contributed by atoms with Crippen LogP contribution in [0.1, 0.15) is 22.9 Å². The van der Waals surface area contributed by atoms with Gasteiger partial charge in [0.1, 0.15) is 34.3 Å². The molecule has 3 aromatic heterocycles. The minimum absolute atomic E-state index is 0.488. The van der Waals surface area contributed by atoms with Crippen molar-refractivity contribution < 1.29 is 8.83 Å². The number of hydrogen-bond acceptors (Lipinski definition) is 5. The van der Waals surface area contributed by atoms with Crippen molar-refractivity contribution in [3.63, 3.8) is 0 Å². The summed E-state index contributed by atoms with van der Waals surface area (Å²) in [5.74, 6) is 1.33. The number of aromatic nitrogens is 1. The average molecular weight is 885 g/mol. The lowest BCUT2D eigenvalue weighted by Crippen LogP contribution is -2.33. The highest BCUT2D eigenvalue weighted by Crippen LogP contribution is 2.44. The fraction of sp³-hybridized carbons (Fsp3) is 0.0159. The molecule has 4 heterocycles. The van der Waals surface area contributed by atoms with Crippen LogP contribution in [-0.4, -0.2) is 16.2 Å². The Morgan fingerprint density at radius 1 is 0.362 bits per heavy atom. The molecule has 0 aliphatic carbocycles. The SMILES string of the molecule is c1ccc(-c2ccc3c(c2)c2ccccc2n3-c2c(-c3ccccc3)cc(C3=NC(c4ccc5oc6ccccc6c5c4)=NC(c4ccc5c(c4)oc4ccccc45)N3)cc2-c2ccccc2)cc1. The summed E-state index contributed by atoms with van der Waals surface area (Å²) in [6, 6.07) is 81.4. The van der Waals surface area contributed by atoms with E-state index in [0.29, 0.717) is 11.7 Å². The van der Waals surface area contributed by atoms with E-state index in [0.717, 1.165) is 99.5 Å². The van der Waals surface area contributed by atoms with E-state index in [1.807, 2.05) is 36.4 Å². The zero-order valence-electron chi connectivity index (χ0n) is 37.2. The molecule has 0 amide bonds. The number of amidine groups is 2. The Labute approximate surface area is 396 Å². The molecule has 0 bridgehead atoms. The second-order valence-electron chi connectivity index (χ2n) is 17.7. The van der Waals surface area contributed by atoms with Crippen LogP contribution < -0.4 is 5.32 Å². The molecule has 6 heteroatoms. The number of fused-ring (bicyclic) bond motifs is 9. The standard InChI is InChI=1S/C63H40N4O2/c1-4-16-39(17-5-1)42-29-32-55-52(34-42)46-22-10-13-25-54(46)67(55)60-50(40-18-6-2-7-19-40)36-45(37-51(60)41-20-8-3-9-21-41)63-65-61(43-30-33-58-53(35-43)48-24-12-15-27-57(48)68-58)64-62(66-63)44-28-31-49-47-23-11-14-26-56(47)69-59(49)38-44/h1-38,62H,(H,64,65,66). The van der Waals surface area contributed by atoms with Crippen LogP contribution in [0.15, 0.2) is 249 Å². The quantitative estimate of drug-likeness (QED) is 0.173. The molecule has 1 aliphatic rings. The minimum Gasteiger partial charge on any atom is -0.456 e. The van der Waals surface area contributed by atoms with E-state index in [-0.39, 0.29) is 0 Å². The van der Waals surface area contributed by atoms with E-state index in [1.54, 1.807) is 0 Å². The van der Waals surface area contributed by atoms with Gasteiger partial charge in [0.15, 0.2) is 5.84 Å². The molecule has 1 aliphatic heterocycles. The fourth-order valence-electron chi connectivity index (χ4n) is 10.4. The number of furan rings is 2. The largest absolute Gasteiger partial charge is 0.456 e. The Morgan fingerprint density at radius 3 is 1.61 bits per heavy atom. The topological polar surface area (TPSA) is 68.0 Å². The molecule has 0 saturated carbocycles. The van der Waals surface area contributed by atoms with Crippen molar-refractivity contribution in [3.8, 4) is 39.1 Å². The first-order chi connectivity index (χ1) is 34.2. The maximum atomic E-state index is 6.44. The zero-order chi connectivity index (χ0) is 45.4. The average Bonchev–Trinajstić information content (AvgIpc) is 4.10. The highest BCUT2D eigenvalue weighted by atomic mass is 16.3. The fourth-order valence-corrected chi connectivity index (χ4v) is 10.4. The van der Waals surface area contributed by atoms with Crippen LogP contribution in [-0.2, 0) is 0 Å². The number of rotatable bonds is 7. The number of nitrogens with zero attached hydrogens (tertiary/aromatic N) is 3. The van der Waals surface area contributed by atoms with Crippen molar-refractivity contribution >= 4 is 77.4 Å². The van der Waals surface area contributed by atoms with Gasteiger partial charge in [0.25, 0.3) is 0 Å². The first kappa shape index (κ1) is 39.0. The Balaban J connectivity index is 1.01. The molecular weight excluding hydrogens is 845 g/mol. The molecule has 0 fully saturated rings. The van der Waals surface area contributed by atoms with Gasteiger partial charge in [-0.05, 0) is 89.0 Å². The number of benzene rings is 10. The van der Waals surface area contributed by atoms with Crippen molar-refractivity contribution in [1.82, 2.24) is 9.88 Å². The van der Waals surface area contributed by atoms with Gasteiger partial charge >= 0.3 is 0 Å². The van der Waals surface area contributed by atoms with Crippen molar-refractivity contribution in [2.45, 2.75) is 6.17 Å². The minimum atomic E-state index is -0.488. The molecule has 69 heavy (non-hydrogen) atoms. The molecule has 14 rings (SSSR count). The predicted molar refractivity (Wildman–Crippen MR) is 283 cm³/mol.